The van der Waals surface area contributed by atoms with Gasteiger partial charge in [0.1, 0.15) is 12.1 Å². The van der Waals surface area contributed by atoms with Gasteiger partial charge in [0.15, 0.2) is 0 Å². The van der Waals surface area contributed by atoms with Crippen LogP contribution in [0.5, 0.6) is 0 Å². The first-order chi connectivity index (χ1) is 10.3. The third kappa shape index (κ3) is 2.89. The van der Waals surface area contributed by atoms with E-state index in [4.69, 9.17) is 9.15 Å². The monoisotopic (exact) mass is 287 g/mol. The summed E-state index contributed by atoms with van der Waals surface area (Å²) >= 11 is 0. The summed E-state index contributed by atoms with van der Waals surface area (Å²) in [4.78, 5) is 22.3. The molecule has 1 saturated heterocycles. The van der Waals surface area contributed by atoms with Gasteiger partial charge < -0.3 is 14.1 Å². The molecule has 2 aromatic heterocycles. The second-order valence-electron chi connectivity index (χ2n) is 5.06. The van der Waals surface area contributed by atoms with Crippen molar-refractivity contribution in [3.63, 3.8) is 0 Å². The minimum atomic E-state index is -0.114. The number of carbonyl (C=O) groups excluding carboxylic acids is 1. The van der Waals surface area contributed by atoms with Gasteiger partial charge in [0.2, 0.25) is 0 Å². The SMILES string of the molecule is COC(=O)C1CCN(c2cc(-c3ccoc3)ncn2)CC1. The fraction of sp³-hybridized carbons (Fsp3) is 0.400. The first kappa shape index (κ1) is 13.6. The Morgan fingerprint density at radius 2 is 2.19 bits per heavy atom. The number of aromatic nitrogens is 2. The van der Waals surface area contributed by atoms with Gasteiger partial charge in [0, 0.05) is 24.7 Å². The summed E-state index contributed by atoms with van der Waals surface area (Å²) in [5.41, 5.74) is 1.77. The highest BCUT2D eigenvalue weighted by atomic mass is 16.5. The number of esters is 1. The van der Waals surface area contributed by atoms with E-state index in [1.165, 1.54) is 7.11 Å². The van der Waals surface area contributed by atoms with Crippen LogP contribution in [-0.4, -0.2) is 36.1 Å². The van der Waals surface area contributed by atoms with Crippen LogP contribution in [0, 0.1) is 5.92 Å². The number of hydrogen-bond acceptors (Lipinski definition) is 6. The maximum Gasteiger partial charge on any atom is 0.308 e. The van der Waals surface area contributed by atoms with Crippen LogP contribution in [0.3, 0.4) is 0 Å². The summed E-state index contributed by atoms with van der Waals surface area (Å²) in [7, 11) is 1.44. The van der Waals surface area contributed by atoms with Crippen LogP contribution in [0.1, 0.15) is 12.8 Å². The number of methoxy groups -OCH3 is 1. The van der Waals surface area contributed by atoms with Crippen molar-refractivity contribution in [1.82, 2.24) is 9.97 Å². The van der Waals surface area contributed by atoms with Crippen molar-refractivity contribution >= 4 is 11.8 Å². The zero-order valence-corrected chi connectivity index (χ0v) is 11.9. The smallest absolute Gasteiger partial charge is 0.308 e. The van der Waals surface area contributed by atoms with Crippen molar-refractivity contribution in [3.05, 3.63) is 31.0 Å². The first-order valence-corrected chi connectivity index (χ1v) is 6.95. The quantitative estimate of drug-likeness (QED) is 0.805. The molecule has 0 aliphatic carbocycles. The summed E-state index contributed by atoms with van der Waals surface area (Å²) in [5, 5.41) is 0. The fourth-order valence-corrected chi connectivity index (χ4v) is 2.60. The second kappa shape index (κ2) is 5.95. The molecule has 0 aromatic carbocycles. The molecule has 0 bridgehead atoms. The highest BCUT2D eigenvalue weighted by molar-refractivity contribution is 5.72. The molecule has 0 spiro atoms. The van der Waals surface area contributed by atoms with Crippen LogP contribution in [0.15, 0.2) is 35.4 Å². The van der Waals surface area contributed by atoms with E-state index >= 15 is 0 Å². The number of carbonyl (C=O) groups is 1. The Labute approximate surface area is 122 Å². The van der Waals surface area contributed by atoms with Crippen molar-refractivity contribution in [2.75, 3.05) is 25.1 Å². The Morgan fingerprint density at radius 1 is 1.38 bits per heavy atom. The normalized spacial score (nSPS) is 16.0. The van der Waals surface area contributed by atoms with Crippen molar-refractivity contribution < 1.29 is 13.9 Å². The molecule has 2 aromatic rings. The van der Waals surface area contributed by atoms with Crippen LogP contribution < -0.4 is 4.90 Å². The number of rotatable bonds is 3. The highest BCUT2D eigenvalue weighted by Gasteiger charge is 2.26. The molecule has 0 radical (unpaired) electrons. The van der Waals surface area contributed by atoms with Gasteiger partial charge in [-0.25, -0.2) is 9.97 Å². The lowest BCUT2D eigenvalue weighted by Gasteiger charge is -2.31. The Kier molecular flexibility index (Phi) is 3.85. The molecule has 0 saturated carbocycles. The Morgan fingerprint density at radius 3 is 2.86 bits per heavy atom. The maximum atomic E-state index is 11.5. The summed E-state index contributed by atoms with van der Waals surface area (Å²) < 4.78 is 9.89. The number of ether oxygens (including phenoxy) is 1. The van der Waals surface area contributed by atoms with Crippen LogP contribution in [0.25, 0.3) is 11.3 Å². The summed E-state index contributed by atoms with van der Waals surface area (Å²) in [6.45, 7) is 1.59. The number of nitrogens with zero attached hydrogens (tertiary/aromatic N) is 3. The molecular formula is C15H17N3O3. The van der Waals surface area contributed by atoms with Crippen LogP contribution >= 0.6 is 0 Å². The Hall–Kier alpha value is -2.37. The van der Waals surface area contributed by atoms with Gasteiger partial charge in [-0.05, 0) is 18.9 Å². The van der Waals surface area contributed by atoms with E-state index in [2.05, 4.69) is 14.9 Å². The third-order valence-corrected chi connectivity index (χ3v) is 3.82. The molecule has 110 valence electrons. The molecule has 1 aliphatic rings. The fourth-order valence-electron chi connectivity index (χ4n) is 2.60. The van der Waals surface area contributed by atoms with E-state index in [1.807, 2.05) is 12.1 Å². The molecule has 6 heteroatoms. The predicted octanol–water partition coefficient (Wildman–Crippen LogP) is 2.13. The van der Waals surface area contributed by atoms with Crippen molar-refractivity contribution in [1.29, 1.82) is 0 Å². The minimum absolute atomic E-state index is 0.00133. The molecule has 0 N–H and O–H groups in total. The summed E-state index contributed by atoms with van der Waals surface area (Å²) in [6.07, 6.45) is 6.42. The standard InChI is InChI=1S/C15H17N3O3/c1-20-15(19)11-2-5-18(6-3-11)14-8-13(16-10-17-14)12-4-7-21-9-12/h4,7-11H,2-3,5-6H2,1H3. The third-order valence-electron chi connectivity index (χ3n) is 3.82. The van der Waals surface area contributed by atoms with E-state index in [1.54, 1.807) is 18.9 Å². The van der Waals surface area contributed by atoms with Gasteiger partial charge in [-0.1, -0.05) is 0 Å². The molecule has 3 heterocycles. The van der Waals surface area contributed by atoms with Gasteiger partial charge in [-0.15, -0.1) is 0 Å². The highest BCUT2D eigenvalue weighted by Crippen LogP contribution is 2.25. The molecule has 3 rings (SSSR count). The van der Waals surface area contributed by atoms with E-state index in [9.17, 15) is 4.79 Å². The molecule has 0 unspecified atom stereocenters. The molecule has 1 aliphatic heterocycles. The molecule has 1 fully saturated rings. The molecule has 0 atom stereocenters. The number of piperidine rings is 1. The van der Waals surface area contributed by atoms with Gasteiger partial charge in [-0.2, -0.15) is 0 Å². The van der Waals surface area contributed by atoms with Gasteiger partial charge in [-0.3, -0.25) is 4.79 Å². The van der Waals surface area contributed by atoms with Crippen LogP contribution in [0.4, 0.5) is 5.82 Å². The van der Waals surface area contributed by atoms with Gasteiger partial charge in [0.25, 0.3) is 0 Å². The minimum Gasteiger partial charge on any atom is -0.472 e. The van der Waals surface area contributed by atoms with E-state index in [0.29, 0.717) is 0 Å². The van der Waals surface area contributed by atoms with Crippen LogP contribution in [0.2, 0.25) is 0 Å². The lowest BCUT2D eigenvalue weighted by atomic mass is 9.97. The summed E-state index contributed by atoms with van der Waals surface area (Å²) in [6, 6.07) is 3.82. The first-order valence-electron chi connectivity index (χ1n) is 6.95. The predicted molar refractivity (Wildman–Crippen MR) is 76.7 cm³/mol. The lowest BCUT2D eigenvalue weighted by Crippen LogP contribution is -2.37. The van der Waals surface area contributed by atoms with E-state index in [-0.39, 0.29) is 11.9 Å². The number of hydrogen-bond donors (Lipinski definition) is 0. The van der Waals surface area contributed by atoms with Crippen LogP contribution in [-0.2, 0) is 9.53 Å². The molecule has 6 nitrogen and oxygen atoms in total. The number of anilines is 1. The summed E-state index contributed by atoms with van der Waals surface area (Å²) in [5.74, 6) is 0.766. The molecule has 0 amide bonds. The Balaban J connectivity index is 1.71. The number of furan rings is 1. The van der Waals surface area contributed by atoms with E-state index < -0.39 is 0 Å². The molecule has 21 heavy (non-hydrogen) atoms. The van der Waals surface area contributed by atoms with Gasteiger partial charge in [0.05, 0.1) is 31.2 Å². The van der Waals surface area contributed by atoms with Crippen molar-refractivity contribution in [2.24, 2.45) is 5.92 Å². The topological polar surface area (TPSA) is 68.5 Å². The Bertz CT molecular complexity index is 604. The largest absolute Gasteiger partial charge is 0.472 e. The lowest BCUT2D eigenvalue weighted by molar-refractivity contribution is -0.146. The average molecular weight is 287 g/mol. The zero-order chi connectivity index (χ0) is 14.7. The average Bonchev–Trinajstić information content (AvgIpc) is 3.09. The zero-order valence-electron chi connectivity index (χ0n) is 11.9. The second-order valence-corrected chi connectivity index (χ2v) is 5.06. The van der Waals surface area contributed by atoms with Gasteiger partial charge >= 0.3 is 5.97 Å². The van der Waals surface area contributed by atoms with Crippen molar-refractivity contribution in [2.45, 2.75) is 12.8 Å². The molecular weight excluding hydrogens is 270 g/mol. The van der Waals surface area contributed by atoms with E-state index in [0.717, 1.165) is 43.0 Å². The van der Waals surface area contributed by atoms with Crippen molar-refractivity contribution in [3.8, 4) is 11.3 Å². The maximum absolute atomic E-state index is 11.5.